The Kier molecular flexibility index (Phi) is 5.43. The third kappa shape index (κ3) is 3.92. The molecule has 0 amide bonds. The molecule has 0 bridgehead atoms. The second-order valence-corrected chi connectivity index (χ2v) is 7.71. The lowest BCUT2D eigenvalue weighted by Crippen LogP contribution is -2.43. The summed E-state index contributed by atoms with van der Waals surface area (Å²) in [5.41, 5.74) is 3.76. The van der Waals surface area contributed by atoms with Gasteiger partial charge in [0.1, 0.15) is 5.78 Å². The second kappa shape index (κ2) is 8.15. The Balaban J connectivity index is 1.43. The van der Waals surface area contributed by atoms with Gasteiger partial charge in [-0.05, 0) is 43.7 Å². The standard InChI is InChI=1S/C23H27N5O/c1-3-28(18-7-4-6-17(2)14-18)13-12-25-22-26-16-23-15-19(29)10-11-24-20(23)8-5-9-21(23)27-22/h4-9,11,14H,3,10,12-13,15-16H2,1-2H3,(H,25,26). The number of guanidine groups is 1. The number of likely N-dealkylation sites (N-methyl/N-ethyl adjacent to an activating group) is 1. The molecular weight excluding hydrogens is 362 g/mol. The third-order valence-electron chi connectivity index (χ3n) is 5.68. The van der Waals surface area contributed by atoms with Gasteiger partial charge < -0.3 is 10.2 Å². The van der Waals surface area contributed by atoms with Gasteiger partial charge in [-0.3, -0.25) is 9.79 Å². The van der Waals surface area contributed by atoms with Crippen molar-refractivity contribution >= 4 is 29.4 Å². The number of Topliss-reactive ketones (excluding diaryl/α,β-unsaturated/α-hetero) is 1. The first kappa shape index (κ1) is 19.3. The van der Waals surface area contributed by atoms with Crippen molar-refractivity contribution in [1.29, 1.82) is 0 Å². The van der Waals surface area contributed by atoms with E-state index in [0.717, 1.165) is 31.0 Å². The van der Waals surface area contributed by atoms with Gasteiger partial charge in [0.25, 0.3) is 0 Å². The molecule has 1 aromatic carbocycles. The summed E-state index contributed by atoms with van der Waals surface area (Å²) >= 11 is 0. The highest BCUT2D eigenvalue weighted by Gasteiger charge is 2.44. The maximum atomic E-state index is 12.2. The van der Waals surface area contributed by atoms with Gasteiger partial charge in [0.2, 0.25) is 5.96 Å². The zero-order valence-corrected chi connectivity index (χ0v) is 17.1. The topological polar surface area (TPSA) is 69.4 Å². The van der Waals surface area contributed by atoms with Gasteiger partial charge in [0, 0.05) is 44.4 Å². The van der Waals surface area contributed by atoms with Crippen molar-refractivity contribution in [2.45, 2.75) is 26.7 Å². The summed E-state index contributed by atoms with van der Waals surface area (Å²) < 4.78 is 0. The van der Waals surface area contributed by atoms with Crippen LogP contribution in [0, 0.1) is 12.3 Å². The fraction of sp³-hybridized carbons (Fsp3) is 0.391. The fourth-order valence-corrected chi connectivity index (χ4v) is 4.10. The van der Waals surface area contributed by atoms with E-state index in [2.05, 4.69) is 58.3 Å². The first-order valence-electron chi connectivity index (χ1n) is 10.2. The molecule has 2 aliphatic heterocycles. The Hall–Kier alpha value is -3.02. The molecular formula is C23H27N5O. The average Bonchev–Trinajstić information content (AvgIpc) is 2.88. The predicted molar refractivity (Wildman–Crippen MR) is 119 cm³/mol. The van der Waals surface area contributed by atoms with Gasteiger partial charge in [0.05, 0.1) is 23.4 Å². The summed E-state index contributed by atoms with van der Waals surface area (Å²) in [6.45, 7) is 7.32. The highest BCUT2D eigenvalue weighted by Crippen LogP contribution is 2.41. The molecule has 1 aromatic rings. The molecule has 1 N–H and O–H groups in total. The maximum Gasteiger partial charge on any atom is 0.218 e. The summed E-state index contributed by atoms with van der Waals surface area (Å²) in [7, 11) is 0. The molecule has 2 heterocycles. The van der Waals surface area contributed by atoms with Crippen LogP contribution in [0.3, 0.4) is 0 Å². The number of anilines is 1. The predicted octanol–water partition coefficient (Wildman–Crippen LogP) is 3.10. The normalized spacial score (nSPS) is 22.7. The Morgan fingerprint density at radius 3 is 3.03 bits per heavy atom. The fourth-order valence-electron chi connectivity index (χ4n) is 4.10. The number of benzene rings is 1. The number of hydrogen-bond acceptors (Lipinski definition) is 6. The van der Waals surface area contributed by atoms with Gasteiger partial charge in [-0.25, -0.2) is 9.98 Å². The number of nitrogens with one attached hydrogen (secondary N) is 1. The Bertz CT molecular complexity index is 956. The van der Waals surface area contributed by atoms with Gasteiger partial charge in [0.15, 0.2) is 0 Å². The number of rotatable bonds is 5. The number of carbonyl (C=O) groups is 1. The van der Waals surface area contributed by atoms with E-state index in [4.69, 9.17) is 4.99 Å². The molecule has 3 aliphatic rings. The molecule has 150 valence electrons. The van der Waals surface area contributed by atoms with Crippen molar-refractivity contribution < 1.29 is 4.79 Å². The van der Waals surface area contributed by atoms with E-state index in [1.807, 2.05) is 18.2 Å². The number of ketones is 1. The summed E-state index contributed by atoms with van der Waals surface area (Å²) in [4.78, 5) is 28.5. The minimum Gasteiger partial charge on any atom is -0.370 e. The monoisotopic (exact) mass is 389 g/mol. The van der Waals surface area contributed by atoms with Crippen LogP contribution >= 0.6 is 0 Å². The SMILES string of the molecule is CCN(CCNC1=NCC23CC(=O)CC=NC2=CC=CC3=N1)c1cccc(C)c1. The Morgan fingerprint density at radius 1 is 1.31 bits per heavy atom. The number of hydrogen-bond donors (Lipinski definition) is 1. The quantitative estimate of drug-likeness (QED) is 0.841. The Morgan fingerprint density at radius 2 is 2.21 bits per heavy atom. The highest BCUT2D eigenvalue weighted by atomic mass is 16.1. The average molecular weight is 390 g/mol. The minimum absolute atomic E-state index is 0.184. The number of aryl methyl sites for hydroxylation is 1. The third-order valence-corrected chi connectivity index (χ3v) is 5.68. The molecule has 29 heavy (non-hydrogen) atoms. The van der Waals surface area contributed by atoms with Crippen LogP contribution in [0.5, 0.6) is 0 Å². The molecule has 0 saturated carbocycles. The van der Waals surface area contributed by atoms with Crippen LogP contribution in [0.2, 0.25) is 0 Å². The van der Waals surface area contributed by atoms with Crippen molar-refractivity contribution in [3.8, 4) is 0 Å². The lowest BCUT2D eigenvalue weighted by molar-refractivity contribution is -0.118. The van der Waals surface area contributed by atoms with Gasteiger partial charge >= 0.3 is 0 Å². The molecule has 1 aliphatic carbocycles. The first-order valence-corrected chi connectivity index (χ1v) is 10.2. The number of allylic oxidation sites excluding steroid dienone is 3. The lowest BCUT2D eigenvalue weighted by Gasteiger charge is -2.35. The van der Waals surface area contributed by atoms with Crippen molar-refractivity contribution in [2.75, 3.05) is 31.1 Å². The Labute approximate surface area is 171 Å². The van der Waals surface area contributed by atoms with Crippen molar-refractivity contribution in [3.63, 3.8) is 0 Å². The number of carbonyl (C=O) groups excluding carboxylic acids is 1. The molecule has 0 aromatic heterocycles. The summed E-state index contributed by atoms with van der Waals surface area (Å²) in [5, 5.41) is 3.37. The van der Waals surface area contributed by atoms with Crippen molar-refractivity contribution in [1.82, 2.24) is 5.32 Å². The minimum atomic E-state index is -0.499. The van der Waals surface area contributed by atoms with Crippen LogP contribution in [0.25, 0.3) is 0 Å². The molecule has 6 nitrogen and oxygen atoms in total. The van der Waals surface area contributed by atoms with E-state index in [1.54, 1.807) is 6.21 Å². The van der Waals surface area contributed by atoms with Crippen LogP contribution in [-0.2, 0) is 4.79 Å². The highest BCUT2D eigenvalue weighted by molar-refractivity contribution is 6.13. The van der Waals surface area contributed by atoms with Crippen LogP contribution in [0.4, 0.5) is 5.69 Å². The van der Waals surface area contributed by atoms with E-state index in [-0.39, 0.29) is 5.78 Å². The molecule has 0 fully saturated rings. The molecule has 0 saturated heterocycles. The summed E-state index contributed by atoms with van der Waals surface area (Å²) in [6.07, 6.45) is 8.42. The second-order valence-electron chi connectivity index (χ2n) is 7.71. The summed E-state index contributed by atoms with van der Waals surface area (Å²) in [6, 6.07) is 8.55. The molecule has 4 rings (SSSR count). The number of aliphatic imine (C=N–C) groups is 3. The van der Waals surface area contributed by atoms with E-state index >= 15 is 0 Å². The summed E-state index contributed by atoms with van der Waals surface area (Å²) in [5.74, 6) is 0.820. The smallest absolute Gasteiger partial charge is 0.218 e. The van der Waals surface area contributed by atoms with Gasteiger partial charge in [-0.2, -0.15) is 0 Å². The molecule has 1 spiro atoms. The van der Waals surface area contributed by atoms with Crippen molar-refractivity contribution in [3.05, 3.63) is 53.8 Å². The molecule has 0 radical (unpaired) electrons. The number of nitrogens with zero attached hydrogens (tertiary/aromatic N) is 4. The largest absolute Gasteiger partial charge is 0.370 e. The van der Waals surface area contributed by atoms with Crippen LogP contribution < -0.4 is 10.2 Å². The molecule has 6 heteroatoms. The van der Waals surface area contributed by atoms with E-state index in [9.17, 15) is 4.79 Å². The van der Waals surface area contributed by atoms with Gasteiger partial charge in [-0.1, -0.05) is 18.2 Å². The molecule has 1 unspecified atom stereocenters. The molecule has 1 atom stereocenters. The zero-order chi connectivity index (χ0) is 20.3. The van der Waals surface area contributed by atoms with Crippen molar-refractivity contribution in [2.24, 2.45) is 20.4 Å². The van der Waals surface area contributed by atoms with Crippen LogP contribution in [0.1, 0.15) is 25.3 Å². The first-order chi connectivity index (χ1) is 14.1. The zero-order valence-electron chi connectivity index (χ0n) is 17.1. The lowest BCUT2D eigenvalue weighted by atomic mass is 9.72. The van der Waals surface area contributed by atoms with E-state index < -0.39 is 5.41 Å². The van der Waals surface area contributed by atoms with Crippen LogP contribution in [-0.4, -0.2) is 49.8 Å². The van der Waals surface area contributed by atoms with E-state index in [1.165, 1.54) is 11.3 Å². The maximum absolute atomic E-state index is 12.2. The van der Waals surface area contributed by atoms with E-state index in [0.29, 0.717) is 25.3 Å². The van der Waals surface area contributed by atoms with Gasteiger partial charge in [-0.15, -0.1) is 0 Å². The van der Waals surface area contributed by atoms with Crippen LogP contribution in [0.15, 0.2) is 63.2 Å².